The number of hydrogen-bond acceptors (Lipinski definition) is 2. The number of nitrogens with two attached hydrogens (primary N) is 1. The molecule has 4 heteroatoms. The van der Waals surface area contributed by atoms with Gasteiger partial charge >= 0.3 is 0 Å². The van der Waals surface area contributed by atoms with Crippen molar-refractivity contribution in [2.75, 3.05) is 13.1 Å². The van der Waals surface area contributed by atoms with Gasteiger partial charge in [-0.1, -0.05) is 27.7 Å². The van der Waals surface area contributed by atoms with E-state index in [1.165, 1.54) is 6.42 Å². The smallest absolute Gasteiger partial charge is 0.223 e. The lowest BCUT2D eigenvalue weighted by atomic mass is 9.87. The highest BCUT2D eigenvalue weighted by Crippen LogP contribution is 2.26. The summed E-state index contributed by atoms with van der Waals surface area (Å²) in [5.41, 5.74) is 5.86. The summed E-state index contributed by atoms with van der Waals surface area (Å²) in [5, 5.41) is 0. The first-order valence-corrected chi connectivity index (χ1v) is 6.34. The molecule has 1 heterocycles. The van der Waals surface area contributed by atoms with Gasteiger partial charge in [-0.2, -0.15) is 0 Å². The molecular weight excluding hydrogens is 236 g/mol. The van der Waals surface area contributed by atoms with Gasteiger partial charge in [-0.25, -0.2) is 0 Å². The van der Waals surface area contributed by atoms with Crippen molar-refractivity contribution in [3.05, 3.63) is 0 Å². The lowest BCUT2D eigenvalue weighted by Crippen LogP contribution is -2.51. The van der Waals surface area contributed by atoms with E-state index < -0.39 is 0 Å². The molecule has 2 unspecified atom stereocenters. The second-order valence-electron chi connectivity index (χ2n) is 6.25. The minimum atomic E-state index is 0. The van der Waals surface area contributed by atoms with Crippen LogP contribution in [0.5, 0.6) is 0 Å². The highest BCUT2D eigenvalue weighted by Gasteiger charge is 2.32. The van der Waals surface area contributed by atoms with Crippen LogP contribution in [0.1, 0.15) is 47.0 Å². The van der Waals surface area contributed by atoms with Crippen LogP contribution in [0.25, 0.3) is 0 Å². The number of amides is 1. The molecule has 1 rings (SSSR count). The van der Waals surface area contributed by atoms with Crippen LogP contribution in [0, 0.1) is 11.3 Å². The van der Waals surface area contributed by atoms with Crippen LogP contribution in [0.2, 0.25) is 0 Å². The number of rotatable bonds is 2. The summed E-state index contributed by atoms with van der Waals surface area (Å²) in [6.45, 7) is 10.0. The number of carbonyl (C=O) groups excluding carboxylic acids is 1. The Bertz CT molecular complexity index is 250. The van der Waals surface area contributed by atoms with Crippen LogP contribution in [0.3, 0.4) is 0 Å². The third-order valence-corrected chi connectivity index (χ3v) is 3.36. The molecule has 3 nitrogen and oxygen atoms in total. The Morgan fingerprint density at radius 3 is 2.47 bits per heavy atom. The first-order valence-electron chi connectivity index (χ1n) is 6.34. The van der Waals surface area contributed by atoms with E-state index in [1.807, 2.05) is 4.90 Å². The van der Waals surface area contributed by atoms with E-state index in [1.54, 1.807) is 0 Å². The SMILES string of the molecule is CC1CCCN(C(=O)CC(C)(C)C)C1CN.Cl. The van der Waals surface area contributed by atoms with Gasteiger partial charge in [-0.05, 0) is 24.2 Å². The number of halogens is 1. The largest absolute Gasteiger partial charge is 0.338 e. The molecular formula is C13H27ClN2O. The molecule has 17 heavy (non-hydrogen) atoms. The van der Waals surface area contributed by atoms with Crippen molar-refractivity contribution < 1.29 is 4.79 Å². The molecule has 0 aromatic carbocycles. The average Bonchev–Trinajstić information content (AvgIpc) is 2.14. The van der Waals surface area contributed by atoms with E-state index in [2.05, 4.69) is 27.7 Å². The zero-order valence-electron chi connectivity index (χ0n) is 11.5. The van der Waals surface area contributed by atoms with Gasteiger partial charge in [0.05, 0.1) is 0 Å². The molecule has 2 N–H and O–H groups in total. The molecule has 0 aromatic heterocycles. The maximum atomic E-state index is 12.2. The third kappa shape index (κ3) is 4.84. The maximum absolute atomic E-state index is 12.2. The Morgan fingerprint density at radius 2 is 2.00 bits per heavy atom. The Balaban J connectivity index is 0.00000256. The van der Waals surface area contributed by atoms with E-state index in [0.29, 0.717) is 18.9 Å². The molecule has 0 saturated carbocycles. The number of carbonyl (C=O) groups is 1. The zero-order chi connectivity index (χ0) is 12.3. The van der Waals surface area contributed by atoms with Crippen molar-refractivity contribution in [2.24, 2.45) is 17.1 Å². The number of piperidine rings is 1. The molecule has 1 aliphatic rings. The summed E-state index contributed by atoms with van der Waals surface area (Å²) >= 11 is 0. The predicted molar refractivity (Wildman–Crippen MR) is 74.3 cm³/mol. The van der Waals surface area contributed by atoms with Crippen molar-refractivity contribution >= 4 is 18.3 Å². The topological polar surface area (TPSA) is 46.3 Å². The molecule has 0 radical (unpaired) electrons. The molecule has 0 aromatic rings. The van der Waals surface area contributed by atoms with E-state index in [-0.39, 0.29) is 29.8 Å². The molecule has 0 spiro atoms. The number of nitrogens with zero attached hydrogens (tertiary/aromatic N) is 1. The summed E-state index contributed by atoms with van der Waals surface area (Å²) in [5.74, 6) is 0.817. The van der Waals surface area contributed by atoms with Crippen LogP contribution in [0.15, 0.2) is 0 Å². The fourth-order valence-corrected chi connectivity index (χ4v) is 2.47. The molecule has 2 atom stereocenters. The average molecular weight is 263 g/mol. The molecule has 0 bridgehead atoms. The van der Waals surface area contributed by atoms with E-state index in [9.17, 15) is 4.79 Å². The van der Waals surface area contributed by atoms with Crippen molar-refractivity contribution in [2.45, 2.75) is 53.0 Å². The van der Waals surface area contributed by atoms with Crippen molar-refractivity contribution in [1.82, 2.24) is 4.90 Å². The van der Waals surface area contributed by atoms with E-state index in [0.717, 1.165) is 13.0 Å². The van der Waals surface area contributed by atoms with Crippen molar-refractivity contribution in [1.29, 1.82) is 0 Å². The monoisotopic (exact) mass is 262 g/mol. The van der Waals surface area contributed by atoms with Crippen LogP contribution < -0.4 is 5.73 Å². The Morgan fingerprint density at radius 1 is 1.41 bits per heavy atom. The van der Waals surface area contributed by atoms with Gasteiger partial charge in [0, 0.05) is 25.6 Å². The van der Waals surface area contributed by atoms with Crippen molar-refractivity contribution in [3.8, 4) is 0 Å². The van der Waals surface area contributed by atoms with Gasteiger partial charge in [0.15, 0.2) is 0 Å². The van der Waals surface area contributed by atoms with Gasteiger partial charge in [-0.15, -0.1) is 12.4 Å². The normalized spacial score (nSPS) is 25.4. The summed E-state index contributed by atoms with van der Waals surface area (Å²) in [6.07, 6.45) is 2.94. The quantitative estimate of drug-likeness (QED) is 0.831. The first-order chi connectivity index (χ1) is 7.35. The van der Waals surface area contributed by atoms with Gasteiger partial charge in [0.2, 0.25) is 5.91 Å². The van der Waals surface area contributed by atoms with Crippen molar-refractivity contribution in [3.63, 3.8) is 0 Å². The predicted octanol–water partition coefficient (Wildman–Crippen LogP) is 2.43. The molecule has 1 aliphatic heterocycles. The molecule has 1 fully saturated rings. The van der Waals surface area contributed by atoms with Gasteiger partial charge in [0.25, 0.3) is 0 Å². The Labute approximate surface area is 112 Å². The van der Waals surface area contributed by atoms with Crippen LogP contribution in [-0.4, -0.2) is 29.9 Å². The lowest BCUT2D eigenvalue weighted by molar-refractivity contribution is -0.137. The fraction of sp³-hybridized carbons (Fsp3) is 0.923. The van der Waals surface area contributed by atoms with Crippen LogP contribution in [-0.2, 0) is 4.79 Å². The van der Waals surface area contributed by atoms with E-state index >= 15 is 0 Å². The summed E-state index contributed by atoms with van der Waals surface area (Å²) < 4.78 is 0. The second-order valence-corrected chi connectivity index (χ2v) is 6.25. The molecule has 1 amide bonds. The van der Waals surface area contributed by atoms with Gasteiger partial charge < -0.3 is 10.6 Å². The maximum Gasteiger partial charge on any atom is 0.223 e. The zero-order valence-corrected chi connectivity index (χ0v) is 12.3. The molecule has 1 saturated heterocycles. The Hall–Kier alpha value is -0.280. The third-order valence-electron chi connectivity index (χ3n) is 3.36. The minimum absolute atomic E-state index is 0. The molecule has 0 aliphatic carbocycles. The Kier molecular flexibility index (Phi) is 6.49. The lowest BCUT2D eigenvalue weighted by Gasteiger charge is -2.40. The highest BCUT2D eigenvalue weighted by molar-refractivity contribution is 5.85. The van der Waals surface area contributed by atoms with E-state index in [4.69, 9.17) is 5.73 Å². The second kappa shape index (κ2) is 6.60. The summed E-state index contributed by atoms with van der Waals surface area (Å²) in [4.78, 5) is 14.2. The summed E-state index contributed by atoms with van der Waals surface area (Å²) in [6, 6.07) is 0.253. The number of hydrogen-bond donors (Lipinski definition) is 1. The summed E-state index contributed by atoms with van der Waals surface area (Å²) in [7, 11) is 0. The minimum Gasteiger partial charge on any atom is -0.338 e. The standard InChI is InChI=1S/C13H26N2O.ClH/c1-10-6-5-7-15(11(10)9-14)12(16)8-13(2,3)4;/h10-11H,5-9,14H2,1-4H3;1H. The number of likely N-dealkylation sites (tertiary alicyclic amines) is 1. The van der Waals surface area contributed by atoms with Gasteiger partial charge in [-0.3, -0.25) is 4.79 Å². The first kappa shape index (κ1) is 16.7. The van der Waals surface area contributed by atoms with Crippen LogP contribution >= 0.6 is 12.4 Å². The van der Waals surface area contributed by atoms with Crippen LogP contribution in [0.4, 0.5) is 0 Å². The fourth-order valence-electron chi connectivity index (χ4n) is 2.47. The highest BCUT2D eigenvalue weighted by atomic mass is 35.5. The van der Waals surface area contributed by atoms with Gasteiger partial charge in [0.1, 0.15) is 0 Å². The molecule has 102 valence electrons.